The largest absolute Gasteiger partial charge is 0.324 e. The Morgan fingerprint density at radius 1 is 1.47 bits per heavy atom. The summed E-state index contributed by atoms with van der Waals surface area (Å²) in [5.74, 6) is -0.490. The van der Waals surface area contributed by atoms with E-state index in [9.17, 15) is 9.18 Å². The quantitative estimate of drug-likeness (QED) is 0.797. The van der Waals surface area contributed by atoms with Crippen molar-refractivity contribution in [1.82, 2.24) is 5.32 Å². The van der Waals surface area contributed by atoms with Gasteiger partial charge in [-0.3, -0.25) is 4.79 Å². The number of carbonyl (C=O) groups excluding carboxylic acids is 1. The fourth-order valence-corrected chi connectivity index (χ4v) is 1.11. The predicted octanol–water partition coefficient (Wildman–Crippen LogP) is 1.68. The number of halogens is 1. The molecule has 0 saturated heterocycles. The molecule has 0 saturated carbocycles. The highest BCUT2D eigenvalue weighted by Crippen LogP contribution is 2.17. The third-order valence-corrected chi connectivity index (χ3v) is 2.35. The van der Waals surface area contributed by atoms with Gasteiger partial charge in [0.25, 0.3) is 0 Å². The molecule has 4 heteroatoms. The predicted molar refractivity (Wildman–Crippen MR) is 58.3 cm³/mol. The highest BCUT2D eigenvalue weighted by atomic mass is 19.1. The van der Waals surface area contributed by atoms with E-state index in [-0.39, 0.29) is 17.8 Å². The van der Waals surface area contributed by atoms with Crippen LogP contribution in [-0.4, -0.2) is 19.0 Å². The van der Waals surface area contributed by atoms with Gasteiger partial charge in [-0.05, 0) is 33.0 Å². The average molecular weight is 210 g/mol. The second-order valence-electron chi connectivity index (χ2n) is 3.41. The van der Waals surface area contributed by atoms with Gasteiger partial charge in [0.2, 0.25) is 5.91 Å². The minimum Gasteiger partial charge on any atom is -0.324 e. The average Bonchev–Trinajstić information content (AvgIpc) is 2.23. The Hall–Kier alpha value is -1.42. The molecule has 3 nitrogen and oxygen atoms in total. The van der Waals surface area contributed by atoms with Crippen molar-refractivity contribution < 1.29 is 9.18 Å². The van der Waals surface area contributed by atoms with Crippen molar-refractivity contribution in [3.8, 4) is 0 Å². The highest BCUT2D eigenvalue weighted by Gasteiger charge is 2.12. The number of anilines is 1. The number of likely N-dealkylation sites (N-methyl/N-ethyl adjacent to an activating group) is 1. The van der Waals surface area contributed by atoms with Crippen LogP contribution in [0.25, 0.3) is 0 Å². The van der Waals surface area contributed by atoms with Gasteiger partial charge in [-0.2, -0.15) is 0 Å². The van der Waals surface area contributed by atoms with Gasteiger partial charge in [0.15, 0.2) is 0 Å². The first kappa shape index (κ1) is 11.7. The van der Waals surface area contributed by atoms with Crippen LogP contribution in [-0.2, 0) is 4.79 Å². The van der Waals surface area contributed by atoms with Gasteiger partial charge < -0.3 is 10.6 Å². The van der Waals surface area contributed by atoms with E-state index >= 15 is 0 Å². The summed E-state index contributed by atoms with van der Waals surface area (Å²) in [5, 5.41) is 5.47. The van der Waals surface area contributed by atoms with Crippen molar-refractivity contribution in [2.45, 2.75) is 19.9 Å². The zero-order valence-electron chi connectivity index (χ0n) is 9.10. The summed E-state index contributed by atoms with van der Waals surface area (Å²) >= 11 is 0. The minimum absolute atomic E-state index is 0.175. The number of amides is 1. The van der Waals surface area contributed by atoms with Crippen LogP contribution in [0.3, 0.4) is 0 Å². The third kappa shape index (κ3) is 2.76. The van der Waals surface area contributed by atoms with Crippen LogP contribution in [0.5, 0.6) is 0 Å². The molecular weight excluding hydrogens is 195 g/mol. The van der Waals surface area contributed by atoms with Crippen molar-refractivity contribution in [1.29, 1.82) is 0 Å². The molecule has 0 heterocycles. The fourth-order valence-electron chi connectivity index (χ4n) is 1.11. The Balaban J connectivity index is 2.81. The van der Waals surface area contributed by atoms with Crippen LogP contribution >= 0.6 is 0 Å². The highest BCUT2D eigenvalue weighted by molar-refractivity contribution is 5.95. The Morgan fingerprint density at radius 3 is 2.73 bits per heavy atom. The first-order chi connectivity index (χ1) is 7.06. The minimum atomic E-state index is -0.315. The summed E-state index contributed by atoms with van der Waals surface area (Å²) in [6, 6.07) is 4.32. The number of carbonyl (C=O) groups is 1. The van der Waals surface area contributed by atoms with E-state index in [1.54, 1.807) is 33.0 Å². The summed E-state index contributed by atoms with van der Waals surface area (Å²) in [4.78, 5) is 11.5. The van der Waals surface area contributed by atoms with E-state index in [4.69, 9.17) is 0 Å². The molecule has 15 heavy (non-hydrogen) atoms. The molecular formula is C11H15FN2O. The van der Waals surface area contributed by atoms with Crippen molar-refractivity contribution in [3.63, 3.8) is 0 Å². The first-order valence-electron chi connectivity index (χ1n) is 4.79. The topological polar surface area (TPSA) is 41.1 Å². The molecule has 0 spiro atoms. The van der Waals surface area contributed by atoms with Crippen molar-refractivity contribution in [3.05, 3.63) is 29.6 Å². The number of hydrogen-bond acceptors (Lipinski definition) is 2. The normalized spacial score (nSPS) is 12.3. The van der Waals surface area contributed by atoms with Crippen molar-refractivity contribution in [2.75, 3.05) is 12.4 Å². The lowest BCUT2D eigenvalue weighted by molar-refractivity contribution is -0.117. The number of nitrogens with one attached hydrogen (secondary N) is 2. The second-order valence-corrected chi connectivity index (χ2v) is 3.41. The van der Waals surface area contributed by atoms with Gasteiger partial charge >= 0.3 is 0 Å². The van der Waals surface area contributed by atoms with Gasteiger partial charge in [0.05, 0.1) is 6.04 Å². The van der Waals surface area contributed by atoms with Crippen LogP contribution in [0.4, 0.5) is 10.1 Å². The molecule has 1 aromatic carbocycles. The molecule has 0 aromatic heterocycles. The molecule has 0 bridgehead atoms. The van der Waals surface area contributed by atoms with E-state index in [0.717, 1.165) is 0 Å². The van der Waals surface area contributed by atoms with Gasteiger partial charge in [0, 0.05) is 11.3 Å². The fraction of sp³-hybridized carbons (Fsp3) is 0.364. The van der Waals surface area contributed by atoms with Crippen LogP contribution in [0.15, 0.2) is 18.2 Å². The summed E-state index contributed by atoms with van der Waals surface area (Å²) in [7, 11) is 1.70. The molecule has 0 aliphatic heterocycles. The van der Waals surface area contributed by atoms with E-state index in [0.29, 0.717) is 11.3 Å². The number of benzene rings is 1. The molecule has 1 unspecified atom stereocenters. The maximum atomic E-state index is 13.1. The number of hydrogen-bond donors (Lipinski definition) is 2. The maximum absolute atomic E-state index is 13.1. The summed E-state index contributed by atoms with van der Waals surface area (Å²) in [6.45, 7) is 3.37. The lowest BCUT2D eigenvalue weighted by Crippen LogP contribution is -2.35. The van der Waals surface area contributed by atoms with Crippen molar-refractivity contribution in [2.24, 2.45) is 0 Å². The molecule has 0 radical (unpaired) electrons. The maximum Gasteiger partial charge on any atom is 0.241 e. The van der Waals surface area contributed by atoms with Crippen molar-refractivity contribution >= 4 is 11.6 Å². The first-order valence-corrected chi connectivity index (χ1v) is 4.79. The van der Waals surface area contributed by atoms with Gasteiger partial charge in [0.1, 0.15) is 5.82 Å². The molecule has 1 rings (SSSR count). The molecule has 1 aromatic rings. The SMILES string of the molecule is CNC(C)C(=O)Nc1cccc(F)c1C. The molecule has 0 aliphatic carbocycles. The van der Waals surface area contributed by atoms with Crippen LogP contribution in [0, 0.1) is 12.7 Å². The molecule has 0 aliphatic rings. The zero-order chi connectivity index (χ0) is 11.4. The molecule has 82 valence electrons. The lowest BCUT2D eigenvalue weighted by Gasteiger charge is -2.12. The third-order valence-electron chi connectivity index (χ3n) is 2.35. The summed E-state index contributed by atoms with van der Waals surface area (Å²) < 4.78 is 13.1. The summed E-state index contributed by atoms with van der Waals surface area (Å²) in [5.41, 5.74) is 0.969. The van der Waals surface area contributed by atoms with Crippen LogP contribution < -0.4 is 10.6 Å². The molecule has 2 N–H and O–H groups in total. The van der Waals surface area contributed by atoms with E-state index < -0.39 is 0 Å². The summed E-state index contributed by atoms with van der Waals surface area (Å²) in [6.07, 6.45) is 0. The van der Waals surface area contributed by atoms with Gasteiger partial charge in [-0.1, -0.05) is 6.07 Å². The van der Waals surface area contributed by atoms with Crippen LogP contribution in [0.1, 0.15) is 12.5 Å². The smallest absolute Gasteiger partial charge is 0.241 e. The molecule has 1 amide bonds. The molecule has 0 fully saturated rings. The lowest BCUT2D eigenvalue weighted by atomic mass is 10.2. The van der Waals surface area contributed by atoms with Gasteiger partial charge in [-0.25, -0.2) is 4.39 Å². The Morgan fingerprint density at radius 2 is 2.13 bits per heavy atom. The monoisotopic (exact) mass is 210 g/mol. The Kier molecular flexibility index (Phi) is 3.80. The van der Waals surface area contributed by atoms with Gasteiger partial charge in [-0.15, -0.1) is 0 Å². The van der Waals surface area contributed by atoms with E-state index in [2.05, 4.69) is 10.6 Å². The Labute approximate surface area is 88.7 Å². The number of rotatable bonds is 3. The standard InChI is InChI=1S/C11H15FN2O/c1-7-9(12)5-4-6-10(7)14-11(15)8(2)13-3/h4-6,8,13H,1-3H3,(H,14,15). The zero-order valence-corrected chi connectivity index (χ0v) is 9.10. The van der Waals surface area contributed by atoms with E-state index in [1.165, 1.54) is 6.07 Å². The van der Waals surface area contributed by atoms with E-state index in [1.807, 2.05) is 0 Å². The molecule has 1 atom stereocenters. The second kappa shape index (κ2) is 4.89. The Bertz CT molecular complexity index is 366. The van der Waals surface area contributed by atoms with Crippen LogP contribution in [0.2, 0.25) is 0 Å².